The Balaban J connectivity index is 2.69. The Morgan fingerprint density at radius 2 is 1.70 bits per heavy atom. The molecule has 20 heavy (non-hydrogen) atoms. The summed E-state index contributed by atoms with van der Waals surface area (Å²) in [7, 11) is 0. The van der Waals surface area contributed by atoms with Gasteiger partial charge in [-0.2, -0.15) is 26.3 Å². The van der Waals surface area contributed by atoms with Crippen LogP contribution in [0, 0.1) is 6.92 Å². The highest BCUT2D eigenvalue weighted by atomic mass is 19.4. The average molecular weight is 293 g/mol. The van der Waals surface area contributed by atoms with Crippen LogP contribution in [0.3, 0.4) is 0 Å². The molecule has 0 spiro atoms. The molecule has 2 aromatic rings. The molecule has 0 N–H and O–H groups in total. The van der Waals surface area contributed by atoms with E-state index in [4.69, 9.17) is 0 Å². The van der Waals surface area contributed by atoms with Gasteiger partial charge in [0.2, 0.25) is 0 Å². The first kappa shape index (κ1) is 14.6. The molecule has 0 atom stereocenters. The van der Waals surface area contributed by atoms with Gasteiger partial charge in [0, 0.05) is 5.39 Å². The number of aromatic nitrogens is 1. The lowest BCUT2D eigenvalue weighted by molar-refractivity contribution is -0.141. The molecule has 0 saturated heterocycles. The van der Waals surface area contributed by atoms with Crippen molar-refractivity contribution in [1.82, 2.24) is 4.98 Å². The van der Waals surface area contributed by atoms with Crippen molar-refractivity contribution in [2.45, 2.75) is 25.7 Å². The zero-order valence-corrected chi connectivity index (χ0v) is 10.2. The zero-order valence-electron chi connectivity index (χ0n) is 10.2. The minimum atomic E-state index is -4.69. The molecule has 7 heteroatoms. The summed E-state index contributed by atoms with van der Waals surface area (Å²) < 4.78 is 75.4. The third-order valence-corrected chi connectivity index (χ3v) is 2.81. The molecule has 1 heterocycles. The fourth-order valence-electron chi connectivity index (χ4n) is 1.98. The van der Waals surface area contributed by atoms with Gasteiger partial charge in [-0.1, -0.05) is 18.2 Å². The summed E-state index contributed by atoms with van der Waals surface area (Å²) in [6.45, 7) is 1.41. The predicted octanol–water partition coefficient (Wildman–Crippen LogP) is 4.67. The summed E-state index contributed by atoms with van der Waals surface area (Å²) in [6, 6.07) is 4.81. The van der Waals surface area contributed by atoms with E-state index in [1.807, 2.05) is 0 Å². The molecule has 1 aromatic heterocycles. The van der Waals surface area contributed by atoms with E-state index in [2.05, 4.69) is 4.98 Å². The molecule has 0 aliphatic carbocycles. The molecule has 0 bridgehead atoms. The van der Waals surface area contributed by atoms with Crippen molar-refractivity contribution in [1.29, 1.82) is 0 Å². The van der Waals surface area contributed by atoms with Gasteiger partial charge in [-0.05, 0) is 24.1 Å². The maximum atomic E-state index is 12.7. The van der Waals surface area contributed by atoms with Crippen molar-refractivity contribution in [2.75, 3.05) is 0 Å². The monoisotopic (exact) mass is 293 g/mol. The largest absolute Gasteiger partial charge is 0.433 e. The Hall–Kier alpha value is -1.79. The molecule has 0 radical (unpaired) electrons. The van der Waals surface area contributed by atoms with Gasteiger partial charge < -0.3 is 0 Å². The number of para-hydroxylation sites is 1. The lowest BCUT2D eigenvalue weighted by Crippen LogP contribution is -2.13. The summed E-state index contributed by atoms with van der Waals surface area (Å²) in [5.41, 5.74) is -1.45. The number of alkyl halides is 6. The third kappa shape index (κ3) is 3.02. The molecule has 1 aromatic carbocycles. The summed E-state index contributed by atoms with van der Waals surface area (Å²) in [5.74, 6) is 0. The van der Waals surface area contributed by atoms with Crippen LogP contribution < -0.4 is 0 Å². The normalized spacial score (nSPS) is 12.9. The second kappa shape index (κ2) is 4.64. The van der Waals surface area contributed by atoms with Crippen molar-refractivity contribution in [3.05, 3.63) is 41.1 Å². The summed E-state index contributed by atoms with van der Waals surface area (Å²) in [6.07, 6.45) is -10.5. The number of hydrogen-bond donors (Lipinski definition) is 0. The Morgan fingerprint density at radius 3 is 2.25 bits per heavy atom. The minimum absolute atomic E-state index is 0.242. The number of aryl methyl sites for hydroxylation is 1. The van der Waals surface area contributed by atoms with Gasteiger partial charge in [-0.15, -0.1) is 0 Å². The predicted molar refractivity (Wildman–Crippen MR) is 61.2 cm³/mol. The number of benzene rings is 1. The van der Waals surface area contributed by atoms with Crippen LogP contribution in [0.2, 0.25) is 0 Å². The quantitative estimate of drug-likeness (QED) is 0.696. The van der Waals surface area contributed by atoms with Crippen molar-refractivity contribution in [2.24, 2.45) is 0 Å². The smallest absolute Gasteiger partial charge is 0.243 e. The highest BCUT2D eigenvalue weighted by molar-refractivity contribution is 5.85. The number of halogens is 6. The molecule has 0 amide bonds. The van der Waals surface area contributed by atoms with E-state index >= 15 is 0 Å². The SMILES string of the molecule is Cc1cc(C(F)(F)F)nc2c(CC(F)(F)F)cccc12. The molecule has 0 unspecified atom stereocenters. The van der Waals surface area contributed by atoms with Gasteiger partial charge in [0.25, 0.3) is 0 Å². The second-order valence-electron chi connectivity index (χ2n) is 4.43. The van der Waals surface area contributed by atoms with Crippen LogP contribution in [-0.2, 0) is 12.6 Å². The highest BCUT2D eigenvalue weighted by Crippen LogP contribution is 2.33. The molecule has 0 aliphatic heterocycles. The topological polar surface area (TPSA) is 12.9 Å². The summed E-state index contributed by atoms with van der Waals surface area (Å²) >= 11 is 0. The molecule has 0 saturated carbocycles. The van der Waals surface area contributed by atoms with Crippen molar-refractivity contribution in [3.63, 3.8) is 0 Å². The zero-order chi connectivity index (χ0) is 15.1. The van der Waals surface area contributed by atoms with Crippen LogP contribution in [0.15, 0.2) is 24.3 Å². The average Bonchev–Trinajstić information content (AvgIpc) is 2.26. The van der Waals surface area contributed by atoms with Crippen LogP contribution in [0.5, 0.6) is 0 Å². The maximum Gasteiger partial charge on any atom is 0.433 e. The van der Waals surface area contributed by atoms with Crippen molar-refractivity contribution < 1.29 is 26.3 Å². The third-order valence-electron chi connectivity index (χ3n) is 2.81. The fourth-order valence-corrected chi connectivity index (χ4v) is 1.98. The van der Waals surface area contributed by atoms with E-state index < -0.39 is 24.5 Å². The van der Waals surface area contributed by atoms with Gasteiger partial charge >= 0.3 is 12.4 Å². The molecular weight excluding hydrogens is 284 g/mol. The molecule has 0 fully saturated rings. The first-order valence-corrected chi connectivity index (χ1v) is 5.61. The minimum Gasteiger partial charge on any atom is -0.243 e. The van der Waals surface area contributed by atoms with Crippen molar-refractivity contribution >= 4 is 10.9 Å². The lowest BCUT2D eigenvalue weighted by Gasteiger charge is -2.13. The maximum absolute atomic E-state index is 12.7. The summed E-state index contributed by atoms with van der Waals surface area (Å²) in [4.78, 5) is 3.37. The molecule has 1 nitrogen and oxygen atoms in total. The van der Waals surface area contributed by atoms with Crippen molar-refractivity contribution in [3.8, 4) is 0 Å². The van der Waals surface area contributed by atoms with Crippen LogP contribution in [0.4, 0.5) is 26.3 Å². The fraction of sp³-hybridized carbons (Fsp3) is 0.308. The van der Waals surface area contributed by atoms with Crippen LogP contribution in [0.1, 0.15) is 16.8 Å². The van der Waals surface area contributed by atoms with E-state index in [-0.39, 0.29) is 16.6 Å². The molecule has 108 valence electrons. The first-order valence-electron chi connectivity index (χ1n) is 5.61. The number of nitrogens with zero attached hydrogens (tertiary/aromatic N) is 1. The van der Waals surface area contributed by atoms with Gasteiger partial charge in [-0.3, -0.25) is 0 Å². The Morgan fingerprint density at radius 1 is 1.05 bits per heavy atom. The van der Waals surface area contributed by atoms with E-state index in [1.54, 1.807) is 0 Å². The Kier molecular flexibility index (Phi) is 3.39. The van der Waals surface area contributed by atoms with E-state index in [1.165, 1.54) is 19.1 Å². The Bertz CT molecular complexity index is 642. The van der Waals surface area contributed by atoms with Gasteiger partial charge in [0.05, 0.1) is 11.9 Å². The van der Waals surface area contributed by atoms with E-state index in [0.717, 1.165) is 12.1 Å². The first-order chi connectivity index (χ1) is 9.08. The van der Waals surface area contributed by atoms with E-state index in [0.29, 0.717) is 5.39 Å². The molecule has 0 aliphatic rings. The van der Waals surface area contributed by atoms with Gasteiger partial charge in [0.1, 0.15) is 5.69 Å². The molecular formula is C13H9F6N. The number of hydrogen-bond acceptors (Lipinski definition) is 1. The van der Waals surface area contributed by atoms with Gasteiger partial charge in [0.15, 0.2) is 0 Å². The number of fused-ring (bicyclic) bond motifs is 1. The highest BCUT2D eigenvalue weighted by Gasteiger charge is 2.34. The van der Waals surface area contributed by atoms with Crippen LogP contribution in [-0.4, -0.2) is 11.2 Å². The van der Waals surface area contributed by atoms with Gasteiger partial charge in [-0.25, -0.2) is 4.98 Å². The van der Waals surface area contributed by atoms with Crippen LogP contribution >= 0.6 is 0 Å². The second-order valence-corrected chi connectivity index (χ2v) is 4.43. The Labute approximate surface area is 110 Å². The number of pyridine rings is 1. The number of rotatable bonds is 1. The lowest BCUT2D eigenvalue weighted by atomic mass is 10.0. The van der Waals surface area contributed by atoms with Crippen LogP contribution in [0.25, 0.3) is 10.9 Å². The summed E-state index contributed by atoms with van der Waals surface area (Å²) in [5, 5.41) is 0.291. The standard InChI is InChI=1S/C13H9F6N/c1-7-5-10(13(17,18)19)20-11-8(6-12(14,15)16)3-2-4-9(7)11/h2-5H,6H2,1H3. The molecule has 2 rings (SSSR count). The van der Waals surface area contributed by atoms with E-state index in [9.17, 15) is 26.3 Å².